The molecular formula is C21H24N2O3S2. The molecule has 2 heterocycles. The van der Waals surface area contributed by atoms with Crippen molar-refractivity contribution in [3.63, 3.8) is 0 Å². The fourth-order valence-corrected chi connectivity index (χ4v) is 4.17. The fraction of sp³-hybridized carbons (Fsp3) is 0.381. The maximum Gasteiger partial charge on any atom is 0.193 e. The minimum absolute atomic E-state index is 0.0169. The predicted octanol–water partition coefficient (Wildman–Crippen LogP) is 3.08. The molecule has 4 rings (SSSR count). The number of rotatable bonds is 6. The van der Waals surface area contributed by atoms with E-state index in [9.17, 15) is 4.79 Å². The highest BCUT2D eigenvalue weighted by atomic mass is 32.1. The van der Waals surface area contributed by atoms with E-state index in [1.807, 2.05) is 36.4 Å². The number of carbonyl (C=O) groups excluding carboxylic acids is 1. The fourth-order valence-electron chi connectivity index (χ4n) is 3.60. The van der Waals surface area contributed by atoms with Crippen molar-refractivity contribution < 1.29 is 14.3 Å². The lowest BCUT2D eigenvalue weighted by Crippen LogP contribution is -2.33. The number of ether oxygens (including phenoxy) is 2. The molecule has 2 aliphatic heterocycles. The summed E-state index contributed by atoms with van der Waals surface area (Å²) in [5, 5.41) is 0. The van der Waals surface area contributed by atoms with Gasteiger partial charge in [-0.05, 0) is 36.4 Å². The van der Waals surface area contributed by atoms with Crippen molar-refractivity contribution in [3.8, 4) is 11.5 Å². The van der Waals surface area contributed by atoms with Gasteiger partial charge in [0.15, 0.2) is 5.78 Å². The molecule has 0 amide bonds. The normalized spacial score (nSPS) is 16.6. The zero-order chi connectivity index (χ0) is 19.5. The molecule has 0 aliphatic carbocycles. The molecule has 0 bridgehead atoms. The first kappa shape index (κ1) is 19.6. The summed E-state index contributed by atoms with van der Waals surface area (Å²) in [6, 6.07) is 11.4. The summed E-state index contributed by atoms with van der Waals surface area (Å²) in [5.41, 5.74) is 3.44. The van der Waals surface area contributed by atoms with Crippen LogP contribution >= 0.6 is 25.3 Å². The van der Waals surface area contributed by atoms with Gasteiger partial charge >= 0.3 is 0 Å². The van der Waals surface area contributed by atoms with Gasteiger partial charge in [0.1, 0.15) is 25.0 Å². The summed E-state index contributed by atoms with van der Waals surface area (Å²) in [4.78, 5) is 17.5. The number of nitrogens with zero attached hydrogens (tertiary/aromatic N) is 2. The summed E-state index contributed by atoms with van der Waals surface area (Å²) in [6.45, 7) is 4.38. The molecule has 148 valence electrons. The highest BCUT2D eigenvalue weighted by Crippen LogP contribution is 2.29. The molecule has 5 nitrogen and oxygen atoms in total. The molecule has 0 aromatic heterocycles. The summed E-state index contributed by atoms with van der Waals surface area (Å²) < 4.78 is 11.6. The standard InChI is InChI=1S/C21H24N2O3S2/c24-21(15-1-3-19-17(9-15)11-22(5-7-27)13-25-19)16-2-4-20-18(10-16)12-23(6-8-28)14-26-20/h1-4,9-10,27-28H,5-8,11-14H2. The Bertz CT molecular complexity index is 805. The highest BCUT2D eigenvalue weighted by molar-refractivity contribution is 7.80. The minimum atomic E-state index is 0.0169. The van der Waals surface area contributed by atoms with Gasteiger partial charge < -0.3 is 9.47 Å². The van der Waals surface area contributed by atoms with Crippen LogP contribution in [0, 0.1) is 0 Å². The zero-order valence-corrected chi connectivity index (χ0v) is 17.4. The van der Waals surface area contributed by atoms with E-state index < -0.39 is 0 Å². The van der Waals surface area contributed by atoms with Gasteiger partial charge in [0.05, 0.1) is 0 Å². The van der Waals surface area contributed by atoms with Crippen LogP contribution in [0.2, 0.25) is 0 Å². The lowest BCUT2D eigenvalue weighted by molar-refractivity contribution is 0.0998. The van der Waals surface area contributed by atoms with Crippen molar-refractivity contribution in [1.82, 2.24) is 9.80 Å². The van der Waals surface area contributed by atoms with Gasteiger partial charge in [0.25, 0.3) is 0 Å². The largest absolute Gasteiger partial charge is 0.478 e. The Kier molecular flexibility index (Phi) is 6.16. The molecule has 28 heavy (non-hydrogen) atoms. The minimum Gasteiger partial charge on any atom is -0.478 e. The van der Waals surface area contributed by atoms with Crippen molar-refractivity contribution >= 4 is 31.0 Å². The maximum absolute atomic E-state index is 13.1. The SMILES string of the molecule is O=C(c1ccc2c(c1)CN(CCS)CO2)c1ccc2c(c1)CN(CCS)CO2. The van der Waals surface area contributed by atoms with Crippen LogP contribution in [0.3, 0.4) is 0 Å². The van der Waals surface area contributed by atoms with Gasteiger partial charge in [0.2, 0.25) is 0 Å². The van der Waals surface area contributed by atoms with Gasteiger partial charge in [-0.25, -0.2) is 0 Å². The average molecular weight is 417 g/mol. The summed E-state index contributed by atoms with van der Waals surface area (Å²) in [7, 11) is 0. The third-order valence-corrected chi connectivity index (χ3v) is 5.47. The molecule has 2 aromatic carbocycles. The molecule has 2 aliphatic rings. The summed E-state index contributed by atoms with van der Waals surface area (Å²) >= 11 is 8.58. The molecule has 0 saturated heterocycles. The van der Waals surface area contributed by atoms with Gasteiger partial charge in [-0.1, -0.05) is 0 Å². The number of hydrogen-bond donors (Lipinski definition) is 2. The Morgan fingerprint density at radius 3 is 1.71 bits per heavy atom. The Balaban J connectivity index is 1.55. The molecule has 2 aromatic rings. The first-order chi connectivity index (χ1) is 13.7. The van der Waals surface area contributed by atoms with Crippen molar-refractivity contribution in [3.05, 3.63) is 58.7 Å². The van der Waals surface area contributed by atoms with Gasteiger partial charge in [0, 0.05) is 59.9 Å². The van der Waals surface area contributed by atoms with Crippen LogP contribution in [0.25, 0.3) is 0 Å². The third kappa shape index (κ3) is 4.17. The Labute approximate surface area is 176 Å². The second-order valence-corrected chi connectivity index (χ2v) is 7.97. The number of benzene rings is 2. The van der Waals surface area contributed by atoms with E-state index >= 15 is 0 Å². The van der Waals surface area contributed by atoms with Crippen LogP contribution in [-0.4, -0.2) is 53.6 Å². The topological polar surface area (TPSA) is 42.0 Å². The van der Waals surface area contributed by atoms with Crippen molar-refractivity contribution in [2.75, 3.05) is 38.1 Å². The van der Waals surface area contributed by atoms with Crippen LogP contribution < -0.4 is 9.47 Å². The number of hydrogen-bond acceptors (Lipinski definition) is 7. The Hall–Kier alpha value is -1.67. The van der Waals surface area contributed by atoms with Crippen LogP contribution in [0.5, 0.6) is 11.5 Å². The van der Waals surface area contributed by atoms with Gasteiger partial charge in [-0.2, -0.15) is 25.3 Å². The predicted molar refractivity (Wildman–Crippen MR) is 116 cm³/mol. The average Bonchev–Trinajstić information content (AvgIpc) is 2.72. The van der Waals surface area contributed by atoms with Crippen LogP contribution in [0.4, 0.5) is 0 Å². The number of ketones is 1. The molecule has 0 unspecified atom stereocenters. The molecule has 0 atom stereocenters. The summed E-state index contributed by atoms with van der Waals surface area (Å²) in [6.07, 6.45) is 0. The van der Waals surface area contributed by atoms with E-state index in [-0.39, 0.29) is 5.78 Å². The second-order valence-electron chi connectivity index (χ2n) is 7.07. The van der Waals surface area contributed by atoms with Crippen LogP contribution in [-0.2, 0) is 13.1 Å². The Morgan fingerprint density at radius 1 is 0.821 bits per heavy atom. The quantitative estimate of drug-likeness (QED) is 0.560. The molecule has 0 saturated carbocycles. The smallest absolute Gasteiger partial charge is 0.193 e. The molecular weight excluding hydrogens is 392 g/mol. The molecule has 0 fully saturated rings. The van der Waals surface area contributed by atoms with Gasteiger partial charge in [-0.3, -0.25) is 14.6 Å². The molecule has 0 spiro atoms. The van der Waals surface area contributed by atoms with Crippen molar-refractivity contribution in [1.29, 1.82) is 0 Å². The first-order valence-corrected chi connectivity index (χ1v) is 10.7. The first-order valence-electron chi connectivity index (χ1n) is 9.40. The zero-order valence-electron chi connectivity index (χ0n) is 15.6. The van der Waals surface area contributed by atoms with Crippen molar-refractivity contribution in [2.24, 2.45) is 0 Å². The van der Waals surface area contributed by atoms with Crippen LogP contribution in [0.15, 0.2) is 36.4 Å². The van der Waals surface area contributed by atoms with Crippen LogP contribution in [0.1, 0.15) is 27.0 Å². The monoisotopic (exact) mass is 416 g/mol. The highest BCUT2D eigenvalue weighted by Gasteiger charge is 2.21. The number of carbonyl (C=O) groups is 1. The summed E-state index contributed by atoms with van der Waals surface area (Å²) in [5.74, 6) is 3.28. The van der Waals surface area contributed by atoms with Gasteiger partial charge in [-0.15, -0.1) is 0 Å². The van der Waals surface area contributed by atoms with E-state index in [2.05, 4.69) is 35.1 Å². The van der Waals surface area contributed by atoms with E-state index in [0.29, 0.717) is 24.6 Å². The lowest BCUT2D eigenvalue weighted by Gasteiger charge is -2.29. The third-order valence-electron chi connectivity index (χ3n) is 5.07. The Morgan fingerprint density at radius 2 is 1.29 bits per heavy atom. The second kappa shape index (κ2) is 8.78. The van der Waals surface area contributed by atoms with E-state index in [0.717, 1.165) is 60.3 Å². The van der Waals surface area contributed by atoms with E-state index in [1.165, 1.54) is 0 Å². The maximum atomic E-state index is 13.1. The number of thiol groups is 2. The molecule has 0 radical (unpaired) electrons. The lowest BCUT2D eigenvalue weighted by atomic mass is 9.98. The molecule has 0 N–H and O–H groups in total. The molecule has 7 heteroatoms. The van der Waals surface area contributed by atoms with Crippen molar-refractivity contribution in [2.45, 2.75) is 13.1 Å². The van der Waals surface area contributed by atoms with E-state index in [4.69, 9.17) is 9.47 Å². The number of fused-ring (bicyclic) bond motifs is 2. The van der Waals surface area contributed by atoms with E-state index in [1.54, 1.807) is 0 Å².